The van der Waals surface area contributed by atoms with Gasteiger partial charge in [-0.1, -0.05) is 24.3 Å². The molecule has 0 unspecified atom stereocenters. The fraction of sp³-hybridized carbons (Fsp3) is 0.200. The number of aryl methyl sites for hydroxylation is 3. The number of rotatable bonds is 1. The minimum atomic E-state index is -3.53. The fourth-order valence-corrected chi connectivity index (χ4v) is 2.67. The Morgan fingerprint density at radius 2 is 1.40 bits per heavy atom. The van der Waals surface area contributed by atoms with Gasteiger partial charge < -0.3 is 5.73 Å². The Kier molecular flexibility index (Phi) is 5.30. The number of benzene rings is 2. The zero-order valence-electron chi connectivity index (χ0n) is 11.9. The van der Waals surface area contributed by atoms with E-state index in [-0.39, 0.29) is 4.90 Å². The first-order valence-corrected chi connectivity index (χ1v) is 7.67. The van der Waals surface area contributed by atoms with Crippen molar-refractivity contribution >= 4 is 15.7 Å². The summed E-state index contributed by atoms with van der Waals surface area (Å²) in [6.07, 6.45) is 0. The van der Waals surface area contributed by atoms with Crippen molar-refractivity contribution in [3.63, 3.8) is 0 Å². The summed E-state index contributed by atoms with van der Waals surface area (Å²) in [4.78, 5) is 0.194. The van der Waals surface area contributed by atoms with Gasteiger partial charge in [-0.25, -0.2) is 13.6 Å². The van der Waals surface area contributed by atoms with Crippen LogP contribution >= 0.6 is 0 Å². The lowest BCUT2D eigenvalue weighted by molar-refractivity contribution is 0.597. The lowest BCUT2D eigenvalue weighted by atomic mass is 10.1. The summed E-state index contributed by atoms with van der Waals surface area (Å²) in [6, 6.07) is 12.7. The van der Waals surface area contributed by atoms with E-state index in [0.717, 1.165) is 5.69 Å². The van der Waals surface area contributed by atoms with Crippen LogP contribution in [0.3, 0.4) is 0 Å². The molecular formula is C15H20N2O2S. The Morgan fingerprint density at radius 1 is 0.900 bits per heavy atom. The van der Waals surface area contributed by atoms with E-state index < -0.39 is 10.0 Å². The van der Waals surface area contributed by atoms with Crippen LogP contribution in [-0.4, -0.2) is 8.42 Å². The maximum atomic E-state index is 10.8. The molecule has 0 spiro atoms. The number of hydrogen-bond donors (Lipinski definition) is 2. The minimum absolute atomic E-state index is 0.194. The number of nitrogen functional groups attached to an aromatic ring is 1. The van der Waals surface area contributed by atoms with Gasteiger partial charge in [0.15, 0.2) is 0 Å². The summed E-state index contributed by atoms with van der Waals surface area (Å²) in [5, 5.41) is 4.93. The molecule has 4 nitrogen and oxygen atoms in total. The minimum Gasteiger partial charge on any atom is -0.399 e. The third-order valence-electron chi connectivity index (χ3n) is 2.64. The Bertz CT molecular complexity index is 644. The third-order valence-corrected chi connectivity index (χ3v) is 3.72. The predicted octanol–water partition coefficient (Wildman–Crippen LogP) is 2.53. The van der Waals surface area contributed by atoms with Crippen LogP contribution in [0.1, 0.15) is 16.7 Å². The predicted molar refractivity (Wildman–Crippen MR) is 82.9 cm³/mol. The second-order valence-corrected chi connectivity index (χ2v) is 6.26. The molecule has 20 heavy (non-hydrogen) atoms. The first-order valence-electron chi connectivity index (χ1n) is 6.12. The molecule has 0 bridgehead atoms. The van der Waals surface area contributed by atoms with Crippen molar-refractivity contribution in [3.8, 4) is 0 Å². The maximum Gasteiger partial charge on any atom is 0.238 e. The van der Waals surface area contributed by atoms with Crippen LogP contribution in [0.15, 0.2) is 47.4 Å². The average Bonchev–Trinajstić information content (AvgIpc) is 2.26. The van der Waals surface area contributed by atoms with E-state index in [2.05, 4.69) is 6.07 Å². The summed E-state index contributed by atoms with van der Waals surface area (Å²) >= 11 is 0. The van der Waals surface area contributed by atoms with Gasteiger partial charge in [-0.05, 0) is 55.7 Å². The van der Waals surface area contributed by atoms with Crippen LogP contribution in [0, 0.1) is 20.8 Å². The molecule has 0 aliphatic carbocycles. The van der Waals surface area contributed by atoms with E-state index in [4.69, 9.17) is 10.9 Å². The van der Waals surface area contributed by atoms with Crippen molar-refractivity contribution in [2.45, 2.75) is 25.7 Å². The summed E-state index contributed by atoms with van der Waals surface area (Å²) in [6.45, 7) is 5.80. The maximum absolute atomic E-state index is 10.8. The van der Waals surface area contributed by atoms with Gasteiger partial charge in [0.1, 0.15) is 0 Å². The van der Waals surface area contributed by atoms with E-state index in [9.17, 15) is 8.42 Å². The lowest BCUT2D eigenvalue weighted by Gasteiger charge is -2.00. The van der Waals surface area contributed by atoms with Gasteiger partial charge in [0.05, 0.1) is 4.90 Å². The van der Waals surface area contributed by atoms with Crippen LogP contribution < -0.4 is 10.9 Å². The van der Waals surface area contributed by atoms with Crippen LogP contribution in [-0.2, 0) is 10.0 Å². The van der Waals surface area contributed by atoms with Crippen molar-refractivity contribution in [1.29, 1.82) is 0 Å². The van der Waals surface area contributed by atoms with E-state index >= 15 is 0 Å². The molecule has 0 aliphatic heterocycles. The largest absolute Gasteiger partial charge is 0.399 e. The van der Waals surface area contributed by atoms with Gasteiger partial charge in [0.25, 0.3) is 0 Å². The van der Waals surface area contributed by atoms with Crippen molar-refractivity contribution < 1.29 is 8.42 Å². The number of sulfonamides is 1. The van der Waals surface area contributed by atoms with E-state index in [1.165, 1.54) is 17.2 Å². The summed E-state index contributed by atoms with van der Waals surface area (Å²) in [7, 11) is -3.53. The number of hydrogen-bond acceptors (Lipinski definition) is 3. The molecule has 0 saturated heterocycles. The second kappa shape index (κ2) is 6.54. The number of primary sulfonamides is 1. The van der Waals surface area contributed by atoms with Gasteiger partial charge >= 0.3 is 0 Å². The smallest absolute Gasteiger partial charge is 0.238 e. The Hall–Kier alpha value is -1.85. The zero-order chi connectivity index (χ0) is 15.3. The normalized spacial score (nSPS) is 10.6. The van der Waals surface area contributed by atoms with Gasteiger partial charge in [-0.2, -0.15) is 0 Å². The fourth-order valence-electron chi connectivity index (χ4n) is 1.89. The first-order chi connectivity index (χ1) is 9.20. The monoisotopic (exact) mass is 292 g/mol. The highest BCUT2D eigenvalue weighted by atomic mass is 32.2. The van der Waals surface area contributed by atoms with Crippen LogP contribution in [0.2, 0.25) is 0 Å². The quantitative estimate of drug-likeness (QED) is 0.792. The highest BCUT2D eigenvalue weighted by Gasteiger charge is 2.08. The standard InChI is InChI=1S/C8H11N.C7H9NO2S/c1-6-3-7(2)5-8(9)4-6;1-6-4-2-3-5-7(6)11(8,9)10/h3-5H,9H2,1-2H3;2-5H,1H3,(H2,8,9,10). The highest BCUT2D eigenvalue weighted by Crippen LogP contribution is 2.11. The molecule has 108 valence electrons. The van der Waals surface area contributed by atoms with Crippen LogP contribution in [0.4, 0.5) is 5.69 Å². The molecule has 2 rings (SSSR count). The summed E-state index contributed by atoms with van der Waals surface area (Å²) < 4.78 is 21.7. The van der Waals surface area contributed by atoms with Gasteiger partial charge in [-0.3, -0.25) is 0 Å². The third kappa shape index (κ3) is 5.03. The topological polar surface area (TPSA) is 86.2 Å². The van der Waals surface area contributed by atoms with Gasteiger partial charge in [0.2, 0.25) is 10.0 Å². The molecule has 0 aliphatic rings. The summed E-state index contributed by atoms with van der Waals surface area (Å²) in [5.41, 5.74) is 9.55. The van der Waals surface area contributed by atoms with Crippen LogP contribution in [0.25, 0.3) is 0 Å². The Labute approximate surface area is 120 Å². The second-order valence-electron chi connectivity index (χ2n) is 4.73. The van der Waals surface area contributed by atoms with Crippen molar-refractivity contribution in [2.75, 3.05) is 5.73 Å². The van der Waals surface area contributed by atoms with Crippen molar-refractivity contribution in [2.24, 2.45) is 5.14 Å². The number of anilines is 1. The van der Waals surface area contributed by atoms with Crippen molar-refractivity contribution in [3.05, 3.63) is 59.2 Å². The average molecular weight is 292 g/mol. The molecule has 0 saturated carbocycles. The molecule has 0 heterocycles. The lowest BCUT2D eigenvalue weighted by Crippen LogP contribution is -2.13. The molecule has 0 amide bonds. The molecule has 2 aromatic carbocycles. The Balaban J connectivity index is 0.000000204. The molecule has 0 fully saturated rings. The molecule has 4 N–H and O–H groups in total. The zero-order valence-corrected chi connectivity index (χ0v) is 12.7. The Morgan fingerprint density at radius 3 is 1.75 bits per heavy atom. The first kappa shape index (κ1) is 16.2. The molecule has 0 aromatic heterocycles. The van der Waals surface area contributed by atoms with Crippen LogP contribution in [0.5, 0.6) is 0 Å². The van der Waals surface area contributed by atoms with Gasteiger partial charge in [0, 0.05) is 5.69 Å². The van der Waals surface area contributed by atoms with E-state index in [1.54, 1.807) is 25.1 Å². The van der Waals surface area contributed by atoms with E-state index in [0.29, 0.717) is 5.56 Å². The summed E-state index contributed by atoms with van der Waals surface area (Å²) in [5.74, 6) is 0. The van der Waals surface area contributed by atoms with Gasteiger partial charge in [-0.15, -0.1) is 0 Å². The molecule has 2 aromatic rings. The number of nitrogens with two attached hydrogens (primary N) is 2. The highest BCUT2D eigenvalue weighted by molar-refractivity contribution is 7.89. The molecule has 0 radical (unpaired) electrons. The SMILES string of the molecule is Cc1cc(C)cc(N)c1.Cc1ccccc1S(N)(=O)=O. The van der Waals surface area contributed by atoms with E-state index in [1.807, 2.05) is 26.0 Å². The molecule has 0 atom stereocenters. The molecular weight excluding hydrogens is 272 g/mol. The molecule has 5 heteroatoms. The van der Waals surface area contributed by atoms with Crippen molar-refractivity contribution in [1.82, 2.24) is 0 Å².